The first-order valence-corrected chi connectivity index (χ1v) is 9.47. The molecule has 0 aromatic heterocycles. The first-order valence-electron chi connectivity index (χ1n) is 9.09. The van der Waals surface area contributed by atoms with Crippen molar-refractivity contribution in [1.29, 1.82) is 0 Å². The van der Waals surface area contributed by atoms with Crippen LogP contribution in [-0.4, -0.2) is 60.1 Å². The van der Waals surface area contributed by atoms with Gasteiger partial charge in [-0.15, -0.1) is 0 Å². The average molecular weight is 373 g/mol. The Bertz CT molecular complexity index is 715. The highest BCUT2D eigenvalue weighted by Crippen LogP contribution is 2.33. The molecule has 0 aliphatic carbocycles. The van der Waals surface area contributed by atoms with Crippen molar-refractivity contribution in [1.82, 2.24) is 9.80 Å². The summed E-state index contributed by atoms with van der Waals surface area (Å²) in [6.07, 6.45) is 0.410. The van der Waals surface area contributed by atoms with E-state index < -0.39 is 0 Å². The Balaban J connectivity index is 1.74. The van der Waals surface area contributed by atoms with Crippen molar-refractivity contribution in [2.75, 3.05) is 39.3 Å². The van der Waals surface area contributed by atoms with Crippen molar-refractivity contribution < 1.29 is 9.90 Å². The quantitative estimate of drug-likeness (QED) is 0.847. The van der Waals surface area contributed by atoms with E-state index in [-0.39, 0.29) is 18.4 Å². The second-order valence-electron chi connectivity index (χ2n) is 6.63. The fourth-order valence-corrected chi connectivity index (χ4v) is 3.78. The van der Waals surface area contributed by atoms with E-state index in [1.807, 2.05) is 47.4 Å². The van der Waals surface area contributed by atoms with Crippen molar-refractivity contribution >= 4 is 17.5 Å². The van der Waals surface area contributed by atoms with Gasteiger partial charge in [-0.25, -0.2) is 0 Å². The number of carbonyl (C=O) groups excluding carboxylic acids is 1. The van der Waals surface area contributed by atoms with Crippen LogP contribution in [-0.2, 0) is 4.79 Å². The minimum absolute atomic E-state index is 0.0483. The lowest BCUT2D eigenvalue weighted by molar-refractivity contribution is -0.133. The van der Waals surface area contributed by atoms with E-state index in [9.17, 15) is 4.79 Å². The smallest absolute Gasteiger partial charge is 0.223 e. The summed E-state index contributed by atoms with van der Waals surface area (Å²) in [6, 6.07) is 17.9. The van der Waals surface area contributed by atoms with Gasteiger partial charge in [-0.1, -0.05) is 60.1 Å². The largest absolute Gasteiger partial charge is 0.395 e. The van der Waals surface area contributed by atoms with Crippen molar-refractivity contribution in [3.05, 3.63) is 70.7 Å². The molecule has 138 valence electrons. The molecular formula is C21H25ClN2O2. The van der Waals surface area contributed by atoms with Crippen LogP contribution in [0, 0.1) is 0 Å². The van der Waals surface area contributed by atoms with Crippen LogP contribution in [0.1, 0.15) is 23.5 Å². The van der Waals surface area contributed by atoms with E-state index in [0.717, 1.165) is 24.2 Å². The van der Waals surface area contributed by atoms with E-state index in [4.69, 9.17) is 16.7 Å². The molecular weight excluding hydrogens is 348 g/mol. The van der Waals surface area contributed by atoms with Gasteiger partial charge in [-0.2, -0.15) is 0 Å². The summed E-state index contributed by atoms with van der Waals surface area (Å²) in [4.78, 5) is 17.1. The summed E-state index contributed by atoms with van der Waals surface area (Å²) in [7, 11) is 0. The van der Waals surface area contributed by atoms with Gasteiger partial charge in [0.05, 0.1) is 6.61 Å². The third-order valence-corrected chi connectivity index (χ3v) is 5.35. The van der Waals surface area contributed by atoms with Gasteiger partial charge in [0.2, 0.25) is 5.91 Å². The number of halogens is 1. The van der Waals surface area contributed by atoms with Crippen molar-refractivity contribution in [3.8, 4) is 0 Å². The molecule has 1 atom stereocenters. The van der Waals surface area contributed by atoms with Gasteiger partial charge in [0.1, 0.15) is 0 Å². The fourth-order valence-electron chi connectivity index (χ4n) is 3.52. The van der Waals surface area contributed by atoms with Gasteiger partial charge in [0.25, 0.3) is 0 Å². The Morgan fingerprint density at radius 1 is 1.00 bits per heavy atom. The maximum Gasteiger partial charge on any atom is 0.223 e. The standard InChI is InChI=1S/C21H25ClN2O2/c22-20-9-5-4-8-18(20)19(17-6-2-1-3-7-17)16-21(26)24-12-10-23(11-13-24)14-15-25/h1-9,19,25H,10-16H2. The molecule has 4 nitrogen and oxygen atoms in total. The summed E-state index contributed by atoms with van der Waals surface area (Å²) in [5.41, 5.74) is 2.10. The Morgan fingerprint density at radius 2 is 1.65 bits per heavy atom. The highest BCUT2D eigenvalue weighted by Gasteiger charge is 2.26. The lowest BCUT2D eigenvalue weighted by atomic mass is 9.88. The number of β-amino-alcohol motifs (C(OH)–C–C–N with tert-alkyl or cyclic N) is 1. The van der Waals surface area contributed by atoms with Gasteiger partial charge in [-0.3, -0.25) is 9.69 Å². The van der Waals surface area contributed by atoms with E-state index in [0.29, 0.717) is 31.1 Å². The molecule has 0 saturated carbocycles. The Morgan fingerprint density at radius 3 is 2.31 bits per heavy atom. The molecule has 1 aliphatic rings. The molecule has 1 aliphatic heterocycles. The number of hydrogen-bond acceptors (Lipinski definition) is 3. The molecule has 0 radical (unpaired) electrons. The zero-order valence-electron chi connectivity index (χ0n) is 14.9. The Hall–Kier alpha value is -1.88. The molecule has 1 heterocycles. The Labute approximate surface area is 160 Å². The summed E-state index contributed by atoms with van der Waals surface area (Å²) >= 11 is 6.44. The van der Waals surface area contributed by atoms with E-state index >= 15 is 0 Å². The number of benzene rings is 2. The summed E-state index contributed by atoms with van der Waals surface area (Å²) in [5, 5.41) is 9.75. The molecule has 1 amide bonds. The predicted octanol–water partition coefficient (Wildman–Crippen LogP) is 3.00. The molecule has 26 heavy (non-hydrogen) atoms. The van der Waals surface area contributed by atoms with Crippen LogP contribution >= 0.6 is 11.6 Å². The highest BCUT2D eigenvalue weighted by molar-refractivity contribution is 6.31. The molecule has 1 saturated heterocycles. The van der Waals surface area contributed by atoms with Gasteiger partial charge >= 0.3 is 0 Å². The van der Waals surface area contributed by atoms with Crippen LogP contribution in [0.15, 0.2) is 54.6 Å². The number of aliphatic hydroxyl groups is 1. The van der Waals surface area contributed by atoms with Crippen LogP contribution in [0.2, 0.25) is 5.02 Å². The molecule has 5 heteroatoms. The minimum atomic E-state index is -0.0483. The SMILES string of the molecule is O=C(CC(c1ccccc1)c1ccccc1Cl)N1CCN(CCO)CC1. The van der Waals surface area contributed by atoms with Crippen molar-refractivity contribution in [2.24, 2.45) is 0 Å². The molecule has 2 aromatic rings. The molecule has 1 unspecified atom stereocenters. The van der Waals surface area contributed by atoms with Crippen LogP contribution < -0.4 is 0 Å². The first kappa shape index (κ1) is 18.9. The number of piperazine rings is 1. The second kappa shape index (κ2) is 9.17. The number of nitrogens with zero attached hydrogens (tertiary/aromatic N) is 2. The number of rotatable bonds is 6. The zero-order valence-corrected chi connectivity index (χ0v) is 15.6. The Kier molecular flexibility index (Phi) is 6.67. The zero-order chi connectivity index (χ0) is 18.4. The molecule has 0 bridgehead atoms. The second-order valence-corrected chi connectivity index (χ2v) is 7.04. The van der Waals surface area contributed by atoms with Gasteiger partial charge in [0.15, 0.2) is 0 Å². The summed E-state index contributed by atoms with van der Waals surface area (Å²) < 4.78 is 0. The predicted molar refractivity (Wildman–Crippen MR) is 104 cm³/mol. The van der Waals surface area contributed by atoms with E-state index in [1.165, 1.54) is 0 Å². The number of hydrogen-bond donors (Lipinski definition) is 1. The molecule has 3 rings (SSSR count). The molecule has 0 spiro atoms. The van der Waals surface area contributed by atoms with Gasteiger partial charge < -0.3 is 10.0 Å². The third-order valence-electron chi connectivity index (χ3n) is 5.00. The maximum absolute atomic E-state index is 12.9. The number of carbonyl (C=O) groups is 1. The highest BCUT2D eigenvalue weighted by atomic mass is 35.5. The third kappa shape index (κ3) is 4.64. The van der Waals surface area contributed by atoms with Gasteiger partial charge in [-0.05, 0) is 17.2 Å². The van der Waals surface area contributed by atoms with Crippen LogP contribution in [0.5, 0.6) is 0 Å². The normalized spacial score (nSPS) is 16.5. The fraction of sp³-hybridized carbons (Fsp3) is 0.381. The summed E-state index contributed by atoms with van der Waals surface area (Å²) in [6.45, 7) is 3.89. The first-order chi connectivity index (χ1) is 12.7. The van der Waals surface area contributed by atoms with Crippen LogP contribution in [0.3, 0.4) is 0 Å². The summed E-state index contributed by atoms with van der Waals surface area (Å²) in [5.74, 6) is 0.107. The van der Waals surface area contributed by atoms with Crippen LogP contribution in [0.4, 0.5) is 0 Å². The number of aliphatic hydroxyl groups excluding tert-OH is 1. The van der Waals surface area contributed by atoms with Crippen molar-refractivity contribution in [3.63, 3.8) is 0 Å². The molecule has 2 aromatic carbocycles. The lowest BCUT2D eigenvalue weighted by Gasteiger charge is -2.35. The average Bonchev–Trinajstić information content (AvgIpc) is 2.68. The van der Waals surface area contributed by atoms with E-state index in [1.54, 1.807) is 0 Å². The minimum Gasteiger partial charge on any atom is -0.395 e. The molecule has 1 N–H and O–H groups in total. The molecule has 1 fully saturated rings. The lowest BCUT2D eigenvalue weighted by Crippen LogP contribution is -2.49. The van der Waals surface area contributed by atoms with Gasteiger partial charge in [0, 0.05) is 50.1 Å². The van der Waals surface area contributed by atoms with Crippen molar-refractivity contribution in [2.45, 2.75) is 12.3 Å². The van der Waals surface area contributed by atoms with Crippen LogP contribution in [0.25, 0.3) is 0 Å². The monoisotopic (exact) mass is 372 g/mol. The maximum atomic E-state index is 12.9. The topological polar surface area (TPSA) is 43.8 Å². The van der Waals surface area contributed by atoms with E-state index in [2.05, 4.69) is 17.0 Å². The number of amides is 1.